The molecule has 3 aliphatic rings. The van der Waals surface area contributed by atoms with E-state index in [-0.39, 0.29) is 5.97 Å². The number of rotatable bonds is 1. The standard InChI is InChI=1S/C14H12O2S/c1-16-14(15)13-10-6-4-2-3-5-9(10)11-7-17-8-12(11)13/h2-6H,7-8H2,1H3. The number of fused-ring (bicyclic) bond motifs is 3. The highest BCUT2D eigenvalue weighted by Crippen LogP contribution is 2.44. The van der Waals surface area contributed by atoms with E-state index >= 15 is 0 Å². The summed E-state index contributed by atoms with van der Waals surface area (Å²) in [5.74, 6) is 1.69. The Morgan fingerprint density at radius 3 is 2.59 bits per heavy atom. The summed E-state index contributed by atoms with van der Waals surface area (Å²) in [4.78, 5) is 11.9. The summed E-state index contributed by atoms with van der Waals surface area (Å²) in [6, 6.07) is 10.1. The van der Waals surface area contributed by atoms with Gasteiger partial charge in [-0.15, -0.1) is 0 Å². The number of carbonyl (C=O) groups excluding carboxylic acids is 1. The van der Waals surface area contributed by atoms with Crippen molar-refractivity contribution >= 4 is 17.7 Å². The third-order valence-electron chi connectivity index (χ3n) is 3.18. The zero-order valence-electron chi connectivity index (χ0n) is 9.53. The van der Waals surface area contributed by atoms with Crippen LogP contribution in [0.4, 0.5) is 0 Å². The fourth-order valence-corrected chi connectivity index (χ4v) is 3.58. The molecule has 2 aliphatic carbocycles. The second-order valence-electron chi connectivity index (χ2n) is 4.05. The average Bonchev–Trinajstić information content (AvgIpc) is 2.82. The first kappa shape index (κ1) is 10.7. The molecule has 1 aliphatic heterocycles. The van der Waals surface area contributed by atoms with Gasteiger partial charge in [-0.1, -0.05) is 30.3 Å². The summed E-state index contributed by atoms with van der Waals surface area (Å²) in [7, 11) is 1.44. The molecule has 0 amide bonds. The highest BCUT2D eigenvalue weighted by atomic mass is 32.2. The third-order valence-corrected chi connectivity index (χ3v) is 4.17. The van der Waals surface area contributed by atoms with Gasteiger partial charge in [0.25, 0.3) is 0 Å². The quantitative estimate of drug-likeness (QED) is 0.720. The lowest BCUT2D eigenvalue weighted by Crippen LogP contribution is -2.03. The van der Waals surface area contributed by atoms with Gasteiger partial charge >= 0.3 is 5.97 Å². The fraction of sp³-hybridized carbons (Fsp3) is 0.214. The van der Waals surface area contributed by atoms with Crippen LogP contribution in [0.25, 0.3) is 11.1 Å². The molecule has 0 unspecified atom stereocenters. The molecule has 0 fully saturated rings. The SMILES string of the molecule is COC(=O)c1c2cccccc-2c2c1CSC2. The first-order valence-corrected chi connectivity index (χ1v) is 6.67. The molecule has 0 N–H and O–H groups in total. The Labute approximate surface area is 104 Å². The zero-order valence-corrected chi connectivity index (χ0v) is 10.3. The van der Waals surface area contributed by atoms with Crippen molar-refractivity contribution in [2.45, 2.75) is 11.5 Å². The lowest BCUT2D eigenvalue weighted by molar-refractivity contribution is 0.0601. The Morgan fingerprint density at radius 1 is 1.12 bits per heavy atom. The Bertz CT molecular complexity index is 563. The molecule has 0 aromatic heterocycles. The van der Waals surface area contributed by atoms with Crippen LogP contribution in [0, 0.1) is 0 Å². The van der Waals surface area contributed by atoms with E-state index in [2.05, 4.69) is 6.07 Å². The summed E-state index contributed by atoms with van der Waals surface area (Å²) in [6.45, 7) is 0. The first-order chi connectivity index (χ1) is 8.33. The van der Waals surface area contributed by atoms with Gasteiger partial charge in [0, 0.05) is 11.5 Å². The maximum Gasteiger partial charge on any atom is 0.338 e. The van der Waals surface area contributed by atoms with Crippen LogP contribution >= 0.6 is 11.8 Å². The van der Waals surface area contributed by atoms with E-state index in [9.17, 15) is 4.79 Å². The summed E-state index contributed by atoms with van der Waals surface area (Å²) in [5.41, 5.74) is 5.45. The van der Waals surface area contributed by atoms with Gasteiger partial charge < -0.3 is 4.74 Å². The molecule has 0 aromatic carbocycles. The minimum absolute atomic E-state index is 0.218. The lowest BCUT2D eigenvalue weighted by Gasteiger charge is -2.02. The number of methoxy groups -OCH3 is 1. The van der Waals surface area contributed by atoms with E-state index in [0.29, 0.717) is 0 Å². The molecule has 0 spiro atoms. The van der Waals surface area contributed by atoms with E-state index in [1.165, 1.54) is 23.8 Å². The van der Waals surface area contributed by atoms with E-state index in [1.54, 1.807) is 0 Å². The van der Waals surface area contributed by atoms with Crippen LogP contribution in [0.15, 0.2) is 30.3 Å². The minimum atomic E-state index is -0.218. The molecule has 0 atom stereocenters. The predicted octanol–water partition coefficient (Wildman–Crippen LogP) is 3.32. The van der Waals surface area contributed by atoms with Gasteiger partial charge in [0.05, 0.1) is 12.7 Å². The highest BCUT2D eigenvalue weighted by molar-refractivity contribution is 7.98. The molecule has 0 bridgehead atoms. The molecule has 3 heteroatoms. The molecular weight excluding hydrogens is 232 g/mol. The Morgan fingerprint density at radius 2 is 1.82 bits per heavy atom. The number of thioether (sulfide) groups is 1. The maximum absolute atomic E-state index is 11.9. The lowest BCUT2D eigenvalue weighted by atomic mass is 10.1. The minimum Gasteiger partial charge on any atom is -0.465 e. The van der Waals surface area contributed by atoms with Gasteiger partial charge in [-0.25, -0.2) is 4.79 Å². The largest absolute Gasteiger partial charge is 0.465 e. The van der Waals surface area contributed by atoms with Crippen molar-refractivity contribution in [3.05, 3.63) is 47.0 Å². The van der Waals surface area contributed by atoms with Gasteiger partial charge in [0.15, 0.2) is 0 Å². The molecule has 86 valence electrons. The fourth-order valence-electron chi connectivity index (χ4n) is 2.42. The van der Waals surface area contributed by atoms with Crippen molar-refractivity contribution in [2.24, 2.45) is 0 Å². The number of carbonyl (C=O) groups is 1. The van der Waals surface area contributed by atoms with Crippen LogP contribution in [0.2, 0.25) is 0 Å². The number of hydrogen-bond acceptors (Lipinski definition) is 3. The van der Waals surface area contributed by atoms with E-state index < -0.39 is 0 Å². The molecule has 0 saturated carbocycles. The normalized spacial score (nSPS) is 13.7. The zero-order chi connectivity index (χ0) is 11.8. The molecule has 3 rings (SSSR count). The summed E-state index contributed by atoms with van der Waals surface area (Å²) in [5, 5.41) is 0. The van der Waals surface area contributed by atoms with Crippen molar-refractivity contribution < 1.29 is 9.53 Å². The van der Waals surface area contributed by atoms with Crippen molar-refractivity contribution in [3.63, 3.8) is 0 Å². The van der Waals surface area contributed by atoms with Crippen LogP contribution in [0.3, 0.4) is 0 Å². The topological polar surface area (TPSA) is 26.3 Å². The molecule has 0 aromatic rings. The van der Waals surface area contributed by atoms with Crippen LogP contribution in [-0.4, -0.2) is 13.1 Å². The third kappa shape index (κ3) is 1.53. The number of hydrogen-bond donors (Lipinski definition) is 0. The number of esters is 1. The van der Waals surface area contributed by atoms with E-state index in [0.717, 1.165) is 22.6 Å². The van der Waals surface area contributed by atoms with Gasteiger partial charge in [0.2, 0.25) is 0 Å². The molecular formula is C14H12O2S. The number of ether oxygens (including phenoxy) is 1. The van der Waals surface area contributed by atoms with Gasteiger partial charge in [-0.3, -0.25) is 0 Å². The smallest absolute Gasteiger partial charge is 0.338 e. The van der Waals surface area contributed by atoms with Gasteiger partial charge in [-0.2, -0.15) is 11.8 Å². The molecule has 2 nitrogen and oxygen atoms in total. The van der Waals surface area contributed by atoms with Crippen LogP contribution in [0.5, 0.6) is 0 Å². The highest BCUT2D eigenvalue weighted by Gasteiger charge is 2.29. The summed E-state index contributed by atoms with van der Waals surface area (Å²) < 4.78 is 4.91. The maximum atomic E-state index is 11.9. The van der Waals surface area contributed by atoms with Gasteiger partial charge in [-0.05, 0) is 22.3 Å². The van der Waals surface area contributed by atoms with Crippen LogP contribution in [0.1, 0.15) is 21.5 Å². The second-order valence-corrected chi connectivity index (χ2v) is 5.04. The molecule has 1 heterocycles. The van der Waals surface area contributed by atoms with Crippen molar-refractivity contribution in [1.82, 2.24) is 0 Å². The van der Waals surface area contributed by atoms with Crippen LogP contribution in [-0.2, 0) is 16.2 Å². The molecule has 17 heavy (non-hydrogen) atoms. The monoisotopic (exact) mass is 244 g/mol. The Balaban J connectivity index is 2.33. The van der Waals surface area contributed by atoms with Crippen molar-refractivity contribution in [2.75, 3.05) is 7.11 Å². The first-order valence-electron chi connectivity index (χ1n) is 5.51. The average molecular weight is 244 g/mol. The van der Waals surface area contributed by atoms with E-state index in [4.69, 9.17) is 4.74 Å². The van der Waals surface area contributed by atoms with Crippen LogP contribution < -0.4 is 0 Å². The van der Waals surface area contributed by atoms with E-state index in [1.807, 2.05) is 36.0 Å². The molecule has 0 radical (unpaired) electrons. The Kier molecular flexibility index (Phi) is 2.56. The predicted molar refractivity (Wildman–Crippen MR) is 69.4 cm³/mol. The second kappa shape index (κ2) is 4.08. The Hall–Kier alpha value is -1.48. The van der Waals surface area contributed by atoms with Crippen molar-refractivity contribution in [1.29, 1.82) is 0 Å². The summed E-state index contributed by atoms with van der Waals surface area (Å²) >= 11 is 1.86. The summed E-state index contributed by atoms with van der Waals surface area (Å²) in [6.07, 6.45) is 0. The van der Waals surface area contributed by atoms with Crippen molar-refractivity contribution in [3.8, 4) is 11.1 Å². The molecule has 0 saturated heterocycles. The van der Waals surface area contributed by atoms with Gasteiger partial charge in [0.1, 0.15) is 0 Å².